The number of carbonyl (C=O) groups is 2. The van der Waals surface area contributed by atoms with Gasteiger partial charge in [-0.15, -0.1) is 0 Å². The van der Waals surface area contributed by atoms with Gasteiger partial charge in [-0.2, -0.15) is 0 Å². The van der Waals surface area contributed by atoms with E-state index in [0.717, 1.165) is 0 Å². The van der Waals surface area contributed by atoms with Crippen molar-refractivity contribution in [2.75, 3.05) is 19.6 Å². The molecular formula is C14H23F2N3O2. The second kappa shape index (κ2) is 6.25. The Labute approximate surface area is 123 Å². The van der Waals surface area contributed by atoms with Crippen LogP contribution in [0.25, 0.3) is 0 Å². The van der Waals surface area contributed by atoms with Crippen LogP contribution >= 0.6 is 0 Å². The number of hydrogen-bond acceptors (Lipinski definition) is 3. The van der Waals surface area contributed by atoms with Gasteiger partial charge in [0.1, 0.15) is 0 Å². The SMILES string of the molecule is CC(C)C(=O)N1CCC(NC(=O)C2CC(F)(F)CN2)CC1. The van der Waals surface area contributed by atoms with Crippen molar-refractivity contribution >= 4 is 11.8 Å². The normalized spacial score (nSPS) is 26.1. The Morgan fingerprint density at radius 1 is 1.29 bits per heavy atom. The predicted octanol–water partition coefficient (Wildman–Crippen LogP) is 0.747. The van der Waals surface area contributed by atoms with E-state index in [1.165, 1.54) is 0 Å². The molecule has 2 heterocycles. The molecule has 0 radical (unpaired) electrons. The molecule has 2 saturated heterocycles. The van der Waals surface area contributed by atoms with E-state index >= 15 is 0 Å². The average molecular weight is 303 g/mol. The lowest BCUT2D eigenvalue weighted by Crippen LogP contribution is -2.50. The molecule has 0 aromatic rings. The first kappa shape index (κ1) is 16.1. The van der Waals surface area contributed by atoms with E-state index in [-0.39, 0.29) is 23.8 Å². The summed E-state index contributed by atoms with van der Waals surface area (Å²) in [5, 5.41) is 5.37. The van der Waals surface area contributed by atoms with Gasteiger partial charge in [0.15, 0.2) is 0 Å². The number of piperidine rings is 1. The first-order valence-corrected chi connectivity index (χ1v) is 7.49. The van der Waals surface area contributed by atoms with E-state index in [2.05, 4.69) is 10.6 Å². The van der Waals surface area contributed by atoms with Crippen molar-refractivity contribution in [3.63, 3.8) is 0 Å². The maximum Gasteiger partial charge on any atom is 0.262 e. The van der Waals surface area contributed by atoms with Crippen molar-refractivity contribution in [1.29, 1.82) is 0 Å². The quantitative estimate of drug-likeness (QED) is 0.809. The summed E-state index contributed by atoms with van der Waals surface area (Å²) in [7, 11) is 0. The van der Waals surface area contributed by atoms with Crippen LogP contribution < -0.4 is 10.6 Å². The van der Waals surface area contributed by atoms with Crippen LogP contribution in [0.15, 0.2) is 0 Å². The highest BCUT2D eigenvalue weighted by molar-refractivity contribution is 5.82. The van der Waals surface area contributed by atoms with E-state index < -0.39 is 24.9 Å². The van der Waals surface area contributed by atoms with E-state index in [0.29, 0.717) is 25.9 Å². The number of carbonyl (C=O) groups excluding carboxylic acids is 2. The fourth-order valence-corrected chi connectivity index (χ4v) is 2.81. The summed E-state index contributed by atoms with van der Waals surface area (Å²) in [4.78, 5) is 25.6. The van der Waals surface area contributed by atoms with Gasteiger partial charge in [0.2, 0.25) is 11.8 Å². The fraction of sp³-hybridized carbons (Fsp3) is 0.857. The van der Waals surface area contributed by atoms with Crippen molar-refractivity contribution in [2.24, 2.45) is 5.92 Å². The first-order valence-electron chi connectivity index (χ1n) is 7.49. The number of nitrogens with zero attached hydrogens (tertiary/aromatic N) is 1. The average Bonchev–Trinajstić information content (AvgIpc) is 2.79. The minimum Gasteiger partial charge on any atom is -0.352 e. The summed E-state index contributed by atoms with van der Waals surface area (Å²) in [5.74, 6) is -3.06. The van der Waals surface area contributed by atoms with Gasteiger partial charge in [-0.3, -0.25) is 14.9 Å². The van der Waals surface area contributed by atoms with Crippen LogP contribution in [0.1, 0.15) is 33.1 Å². The van der Waals surface area contributed by atoms with Gasteiger partial charge in [-0.1, -0.05) is 13.8 Å². The summed E-state index contributed by atoms with van der Waals surface area (Å²) in [5.41, 5.74) is 0. The number of amides is 2. The topological polar surface area (TPSA) is 61.4 Å². The monoisotopic (exact) mass is 303 g/mol. The van der Waals surface area contributed by atoms with Crippen LogP contribution in [0.3, 0.4) is 0 Å². The molecule has 0 spiro atoms. The van der Waals surface area contributed by atoms with Gasteiger partial charge in [0.25, 0.3) is 5.92 Å². The lowest BCUT2D eigenvalue weighted by Gasteiger charge is -2.33. The number of alkyl halides is 2. The van der Waals surface area contributed by atoms with Gasteiger partial charge in [0.05, 0.1) is 12.6 Å². The van der Waals surface area contributed by atoms with Gasteiger partial charge in [0, 0.05) is 31.5 Å². The third-order valence-electron chi connectivity index (χ3n) is 4.07. The Bertz CT molecular complexity index is 407. The molecule has 21 heavy (non-hydrogen) atoms. The zero-order chi connectivity index (χ0) is 15.6. The number of rotatable bonds is 3. The fourth-order valence-electron chi connectivity index (χ4n) is 2.81. The third-order valence-corrected chi connectivity index (χ3v) is 4.07. The molecule has 0 aliphatic carbocycles. The lowest BCUT2D eigenvalue weighted by molar-refractivity contribution is -0.135. The summed E-state index contributed by atoms with van der Waals surface area (Å²) >= 11 is 0. The Balaban J connectivity index is 1.76. The van der Waals surface area contributed by atoms with Crippen LogP contribution in [0.2, 0.25) is 0 Å². The second-order valence-electron chi connectivity index (χ2n) is 6.26. The largest absolute Gasteiger partial charge is 0.352 e. The molecule has 0 bridgehead atoms. The molecular weight excluding hydrogens is 280 g/mol. The van der Waals surface area contributed by atoms with Gasteiger partial charge in [-0.25, -0.2) is 8.78 Å². The Hall–Kier alpha value is -1.24. The Morgan fingerprint density at radius 3 is 2.38 bits per heavy atom. The number of likely N-dealkylation sites (tertiary alicyclic amines) is 1. The van der Waals surface area contributed by atoms with Crippen molar-refractivity contribution in [3.05, 3.63) is 0 Å². The molecule has 5 nitrogen and oxygen atoms in total. The lowest BCUT2D eigenvalue weighted by atomic mass is 10.0. The van der Waals surface area contributed by atoms with Gasteiger partial charge in [-0.05, 0) is 12.8 Å². The van der Waals surface area contributed by atoms with Crippen molar-refractivity contribution < 1.29 is 18.4 Å². The van der Waals surface area contributed by atoms with E-state index in [4.69, 9.17) is 0 Å². The van der Waals surface area contributed by atoms with Crippen LogP contribution in [-0.4, -0.2) is 54.4 Å². The smallest absolute Gasteiger partial charge is 0.262 e. The highest BCUT2D eigenvalue weighted by Gasteiger charge is 2.42. The standard InChI is InChI=1S/C14H23F2N3O2/c1-9(2)13(21)19-5-3-10(4-6-19)18-12(20)11-7-14(15,16)8-17-11/h9-11,17H,3-8H2,1-2H3,(H,18,20). The Kier molecular flexibility index (Phi) is 4.81. The molecule has 120 valence electrons. The van der Waals surface area contributed by atoms with Crippen LogP contribution in [0.4, 0.5) is 8.78 Å². The maximum absolute atomic E-state index is 13.1. The molecule has 2 fully saturated rings. The van der Waals surface area contributed by atoms with E-state index in [1.807, 2.05) is 13.8 Å². The number of nitrogens with one attached hydrogen (secondary N) is 2. The van der Waals surface area contributed by atoms with Crippen LogP contribution in [0, 0.1) is 5.92 Å². The molecule has 2 N–H and O–H groups in total. The molecule has 1 unspecified atom stereocenters. The molecule has 1 atom stereocenters. The van der Waals surface area contributed by atoms with Gasteiger partial charge >= 0.3 is 0 Å². The summed E-state index contributed by atoms with van der Waals surface area (Å²) < 4.78 is 26.1. The van der Waals surface area contributed by atoms with E-state index in [1.54, 1.807) is 4.90 Å². The summed E-state index contributed by atoms with van der Waals surface area (Å²) in [6, 6.07) is -0.847. The number of halogens is 2. The van der Waals surface area contributed by atoms with Crippen molar-refractivity contribution in [1.82, 2.24) is 15.5 Å². The zero-order valence-electron chi connectivity index (χ0n) is 12.5. The predicted molar refractivity (Wildman–Crippen MR) is 73.9 cm³/mol. The molecule has 7 heteroatoms. The van der Waals surface area contributed by atoms with E-state index in [9.17, 15) is 18.4 Å². The third kappa shape index (κ3) is 4.12. The maximum atomic E-state index is 13.1. The molecule has 0 aromatic heterocycles. The minimum atomic E-state index is -2.80. The minimum absolute atomic E-state index is 0.0268. The zero-order valence-corrected chi connectivity index (χ0v) is 12.5. The molecule has 0 saturated carbocycles. The van der Waals surface area contributed by atoms with Gasteiger partial charge < -0.3 is 10.2 Å². The second-order valence-corrected chi connectivity index (χ2v) is 6.26. The molecule has 0 aromatic carbocycles. The summed E-state index contributed by atoms with van der Waals surface area (Å²) in [6.07, 6.45) is 0.907. The molecule has 2 aliphatic heterocycles. The Morgan fingerprint density at radius 2 is 1.90 bits per heavy atom. The first-order chi connectivity index (χ1) is 9.78. The highest BCUT2D eigenvalue weighted by Crippen LogP contribution is 2.25. The molecule has 2 rings (SSSR count). The van der Waals surface area contributed by atoms with Crippen LogP contribution in [0.5, 0.6) is 0 Å². The summed E-state index contributed by atoms with van der Waals surface area (Å²) in [6.45, 7) is 4.50. The molecule has 2 amide bonds. The van der Waals surface area contributed by atoms with Crippen molar-refractivity contribution in [3.8, 4) is 0 Å². The molecule has 2 aliphatic rings. The van der Waals surface area contributed by atoms with Crippen LogP contribution in [-0.2, 0) is 9.59 Å². The number of hydrogen-bond donors (Lipinski definition) is 2. The van der Waals surface area contributed by atoms with Crippen molar-refractivity contribution in [2.45, 2.75) is 51.1 Å². The highest BCUT2D eigenvalue weighted by atomic mass is 19.3.